The van der Waals surface area contributed by atoms with E-state index in [1.54, 1.807) is 0 Å². The van der Waals surface area contributed by atoms with Crippen LogP contribution in [0.4, 0.5) is 0 Å². The van der Waals surface area contributed by atoms with Crippen molar-refractivity contribution in [1.82, 2.24) is 0 Å². The molecule has 2 aliphatic rings. The summed E-state index contributed by atoms with van der Waals surface area (Å²) in [5.74, 6) is 0. The summed E-state index contributed by atoms with van der Waals surface area (Å²) >= 11 is 0. The Hall–Kier alpha value is -1.58. The van der Waals surface area contributed by atoms with Gasteiger partial charge in [-0.05, 0) is 0 Å². The van der Waals surface area contributed by atoms with E-state index in [4.69, 9.17) is 0 Å². The Morgan fingerprint density at radius 3 is 1.69 bits per heavy atom. The minimum atomic E-state index is -2.27. The molecule has 2 heterocycles. The van der Waals surface area contributed by atoms with Gasteiger partial charge in [-0.3, -0.25) is 0 Å². The molecule has 0 spiro atoms. The Labute approximate surface area is 71.2 Å². The lowest BCUT2D eigenvalue weighted by Gasteiger charge is -2.20. The molecule has 0 radical (unpaired) electrons. The first-order chi connectivity index (χ1) is 6.12. The number of aliphatic hydroxyl groups is 2. The van der Waals surface area contributed by atoms with Crippen molar-refractivity contribution in [3.63, 3.8) is 0 Å². The predicted molar refractivity (Wildman–Crippen MR) is 37.7 cm³/mol. The molecule has 0 bridgehead atoms. The van der Waals surface area contributed by atoms with Crippen LogP contribution < -0.4 is 0 Å². The van der Waals surface area contributed by atoms with Gasteiger partial charge in [-0.1, -0.05) is 10.2 Å². The van der Waals surface area contributed by atoms with E-state index < -0.39 is 12.1 Å². The molecule has 68 valence electrons. The monoisotopic (exact) mass is 184 g/mol. The van der Waals surface area contributed by atoms with Gasteiger partial charge in [-0.2, -0.15) is 9.98 Å². The maximum Gasteiger partial charge on any atom is 0.401 e. The average Bonchev–Trinajstić information content (AvgIpc) is 2.60. The van der Waals surface area contributed by atoms with Crippen molar-refractivity contribution in [1.29, 1.82) is 0 Å². The summed E-state index contributed by atoms with van der Waals surface area (Å²) in [6.45, 7) is 0. The molecular formula is C4H4N6O3. The van der Waals surface area contributed by atoms with Crippen molar-refractivity contribution in [2.75, 3.05) is 0 Å². The van der Waals surface area contributed by atoms with Crippen LogP contribution in [-0.4, -0.2) is 35.0 Å². The molecule has 2 unspecified atom stereocenters. The molecule has 0 aliphatic carbocycles. The Morgan fingerprint density at radius 1 is 0.923 bits per heavy atom. The Kier molecular flexibility index (Phi) is 1.52. The first-order valence-electron chi connectivity index (χ1n) is 3.18. The van der Waals surface area contributed by atoms with Crippen LogP contribution in [-0.2, 0) is 4.74 Å². The number of azo groups is 2. The molecule has 2 aliphatic heterocycles. The number of nitrogens with zero attached hydrogens (tertiary/aromatic N) is 6. The highest BCUT2D eigenvalue weighted by atomic mass is 16.8. The molecule has 0 fully saturated rings. The second kappa shape index (κ2) is 2.45. The van der Waals surface area contributed by atoms with Crippen LogP contribution in [0.1, 0.15) is 0 Å². The van der Waals surface area contributed by atoms with Crippen molar-refractivity contribution in [2.45, 2.75) is 12.1 Å². The summed E-state index contributed by atoms with van der Waals surface area (Å²) in [5.41, 5.74) is 0. The fourth-order valence-electron chi connectivity index (χ4n) is 0.733. The summed E-state index contributed by atoms with van der Waals surface area (Å²) in [6, 6.07) is -4.54. The highest BCUT2D eigenvalue weighted by Crippen LogP contribution is 2.26. The number of rotatable bonds is 2. The molecule has 9 heteroatoms. The first kappa shape index (κ1) is 8.04. The molecule has 0 aromatic heterocycles. The van der Waals surface area contributed by atoms with Crippen molar-refractivity contribution >= 4 is 12.7 Å². The van der Waals surface area contributed by atoms with E-state index in [0.717, 1.165) is 12.7 Å². The molecule has 0 aromatic carbocycles. The maximum atomic E-state index is 9.30. The van der Waals surface area contributed by atoms with Crippen molar-refractivity contribution < 1.29 is 14.9 Å². The third-order valence-corrected chi connectivity index (χ3v) is 1.20. The summed E-state index contributed by atoms with van der Waals surface area (Å²) < 4.78 is 4.54. The zero-order chi connectivity index (χ0) is 9.36. The van der Waals surface area contributed by atoms with E-state index in [1.807, 2.05) is 0 Å². The van der Waals surface area contributed by atoms with E-state index in [0.29, 0.717) is 0 Å². The Morgan fingerprint density at radius 2 is 1.38 bits per heavy atom. The standard InChI is InChI=1S/C4H4N6O3/c11-3(5-1-7-9-3)13-4(12)6-2-8-10-4/h1-2,11-12H. The number of hydrogen-bond donors (Lipinski definition) is 2. The Bertz CT molecular complexity index is 277. The van der Waals surface area contributed by atoms with Crippen molar-refractivity contribution in [2.24, 2.45) is 30.4 Å². The summed E-state index contributed by atoms with van der Waals surface area (Å²) in [4.78, 5) is 6.63. The summed E-state index contributed by atoms with van der Waals surface area (Å²) in [6.07, 6.45) is 1.94. The Balaban J connectivity index is 2.14. The van der Waals surface area contributed by atoms with E-state index in [-0.39, 0.29) is 0 Å². The van der Waals surface area contributed by atoms with E-state index >= 15 is 0 Å². The number of ether oxygens (including phenoxy) is 1. The van der Waals surface area contributed by atoms with Crippen molar-refractivity contribution in [3.8, 4) is 0 Å². The lowest BCUT2D eigenvalue weighted by atomic mass is 10.8. The van der Waals surface area contributed by atoms with Crippen LogP contribution in [0.3, 0.4) is 0 Å². The predicted octanol–water partition coefficient (Wildman–Crippen LogP) is -0.802. The number of hydrogen-bond acceptors (Lipinski definition) is 9. The molecule has 0 saturated heterocycles. The topological polar surface area (TPSA) is 124 Å². The minimum Gasteiger partial charge on any atom is -0.327 e. The summed E-state index contributed by atoms with van der Waals surface area (Å²) in [7, 11) is 0. The third kappa shape index (κ3) is 1.47. The highest BCUT2D eigenvalue weighted by Gasteiger charge is 2.43. The minimum absolute atomic E-state index is 0.971. The van der Waals surface area contributed by atoms with Gasteiger partial charge in [0.1, 0.15) is 12.7 Å². The smallest absolute Gasteiger partial charge is 0.327 e. The lowest BCUT2D eigenvalue weighted by Crippen LogP contribution is -2.38. The normalized spacial score (nSPS) is 40.8. The van der Waals surface area contributed by atoms with Crippen LogP contribution in [0, 0.1) is 0 Å². The fourth-order valence-corrected chi connectivity index (χ4v) is 0.733. The van der Waals surface area contributed by atoms with Gasteiger partial charge in [-0.15, -0.1) is 10.2 Å². The molecule has 2 N–H and O–H groups in total. The lowest BCUT2D eigenvalue weighted by molar-refractivity contribution is -0.320. The SMILES string of the molecule is OC1(OC2(O)N=CN=N2)N=CN=N1. The van der Waals surface area contributed by atoms with E-state index in [9.17, 15) is 10.2 Å². The van der Waals surface area contributed by atoms with Crippen LogP contribution in [0.2, 0.25) is 0 Å². The molecule has 2 rings (SSSR count). The molecule has 0 aromatic rings. The molecule has 0 amide bonds. The van der Waals surface area contributed by atoms with Gasteiger partial charge < -0.3 is 10.2 Å². The molecule has 13 heavy (non-hydrogen) atoms. The van der Waals surface area contributed by atoms with Crippen LogP contribution in [0.5, 0.6) is 0 Å². The van der Waals surface area contributed by atoms with Gasteiger partial charge in [0.25, 0.3) is 0 Å². The first-order valence-corrected chi connectivity index (χ1v) is 3.18. The van der Waals surface area contributed by atoms with Gasteiger partial charge in [0.05, 0.1) is 0 Å². The second-order valence-electron chi connectivity index (χ2n) is 2.17. The zero-order valence-electron chi connectivity index (χ0n) is 6.14. The fraction of sp³-hybridized carbons (Fsp3) is 0.500. The summed E-state index contributed by atoms with van der Waals surface area (Å²) in [5, 5.41) is 31.4. The molecule has 2 atom stereocenters. The van der Waals surface area contributed by atoms with E-state index in [1.165, 1.54) is 0 Å². The van der Waals surface area contributed by atoms with Crippen molar-refractivity contribution in [3.05, 3.63) is 0 Å². The molecule has 0 saturated carbocycles. The third-order valence-electron chi connectivity index (χ3n) is 1.20. The maximum absolute atomic E-state index is 9.30. The van der Waals surface area contributed by atoms with Gasteiger partial charge in [-0.25, -0.2) is 4.74 Å². The average molecular weight is 184 g/mol. The van der Waals surface area contributed by atoms with E-state index in [2.05, 4.69) is 35.2 Å². The molecule has 9 nitrogen and oxygen atoms in total. The van der Waals surface area contributed by atoms with Gasteiger partial charge in [0.15, 0.2) is 0 Å². The number of aliphatic imine (C=N–C) groups is 2. The second-order valence-corrected chi connectivity index (χ2v) is 2.17. The van der Waals surface area contributed by atoms with Crippen LogP contribution >= 0.6 is 0 Å². The largest absolute Gasteiger partial charge is 0.401 e. The van der Waals surface area contributed by atoms with Crippen LogP contribution in [0.15, 0.2) is 30.4 Å². The zero-order valence-corrected chi connectivity index (χ0v) is 6.14. The van der Waals surface area contributed by atoms with Crippen LogP contribution in [0.25, 0.3) is 0 Å². The van der Waals surface area contributed by atoms with Gasteiger partial charge in [0.2, 0.25) is 0 Å². The quantitative estimate of drug-likeness (QED) is 0.545. The van der Waals surface area contributed by atoms with Gasteiger partial charge in [0, 0.05) is 0 Å². The van der Waals surface area contributed by atoms with Gasteiger partial charge >= 0.3 is 12.1 Å². The highest BCUT2D eigenvalue weighted by molar-refractivity contribution is 5.57. The molecular weight excluding hydrogens is 180 g/mol.